The van der Waals surface area contributed by atoms with Crippen LogP contribution in [0.25, 0.3) is 11.1 Å². The highest BCUT2D eigenvalue weighted by molar-refractivity contribution is 5.76. The smallest absolute Gasteiger partial charge is 0.126 e. The van der Waals surface area contributed by atoms with Gasteiger partial charge in [-0.1, -0.05) is 54.6 Å². The van der Waals surface area contributed by atoms with Crippen molar-refractivity contribution in [3.63, 3.8) is 0 Å². The molecule has 0 aliphatic carbocycles. The molecule has 1 N–H and O–H groups in total. The monoisotopic (exact) mass is 347 g/mol. The zero-order valence-electron chi connectivity index (χ0n) is 15.5. The summed E-state index contributed by atoms with van der Waals surface area (Å²) in [7, 11) is 3.39. The highest BCUT2D eigenvalue weighted by atomic mass is 16.5. The predicted octanol–water partition coefficient (Wildman–Crippen LogP) is 5.22. The largest absolute Gasteiger partial charge is 0.496 e. The maximum Gasteiger partial charge on any atom is 0.126 e. The van der Waals surface area contributed by atoms with Gasteiger partial charge in [-0.3, -0.25) is 0 Å². The standard InChI is InChI=1S/C23H25NO2/c1-17(19-9-5-4-6-10-19)24-16-18-13-14-23(26-3)21(15-18)20-11-7-8-12-22(20)25-2/h4-15,17,24H,16H2,1-3H3/t17-/m1/s1. The minimum absolute atomic E-state index is 0.285. The summed E-state index contributed by atoms with van der Waals surface area (Å²) < 4.78 is 11.1. The molecule has 0 fully saturated rings. The fraction of sp³-hybridized carbons (Fsp3) is 0.217. The summed E-state index contributed by atoms with van der Waals surface area (Å²) in [5.74, 6) is 1.68. The molecule has 0 heterocycles. The lowest BCUT2D eigenvalue weighted by Gasteiger charge is -2.17. The van der Waals surface area contributed by atoms with Crippen LogP contribution in [0.3, 0.4) is 0 Å². The van der Waals surface area contributed by atoms with Crippen LogP contribution in [0.5, 0.6) is 11.5 Å². The Hall–Kier alpha value is -2.78. The van der Waals surface area contributed by atoms with Crippen molar-refractivity contribution in [2.75, 3.05) is 14.2 Å². The van der Waals surface area contributed by atoms with Crippen LogP contribution in [0.4, 0.5) is 0 Å². The molecule has 0 amide bonds. The van der Waals surface area contributed by atoms with E-state index in [9.17, 15) is 0 Å². The highest BCUT2D eigenvalue weighted by Gasteiger charge is 2.12. The Morgan fingerprint density at radius 3 is 2.15 bits per heavy atom. The van der Waals surface area contributed by atoms with Crippen molar-refractivity contribution in [2.45, 2.75) is 19.5 Å². The first-order chi connectivity index (χ1) is 12.7. The Kier molecular flexibility index (Phi) is 5.92. The molecule has 3 aromatic rings. The zero-order chi connectivity index (χ0) is 18.4. The molecule has 3 nitrogen and oxygen atoms in total. The van der Waals surface area contributed by atoms with Crippen LogP contribution in [-0.4, -0.2) is 14.2 Å². The molecule has 1 atom stereocenters. The van der Waals surface area contributed by atoms with Gasteiger partial charge in [0, 0.05) is 23.7 Å². The maximum absolute atomic E-state index is 5.57. The second-order valence-corrected chi connectivity index (χ2v) is 6.25. The van der Waals surface area contributed by atoms with Crippen molar-refractivity contribution < 1.29 is 9.47 Å². The van der Waals surface area contributed by atoms with E-state index in [1.165, 1.54) is 11.1 Å². The van der Waals surface area contributed by atoms with Crippen LogP contribution in [0, 0.1) is 0 Å². The molecule has 0 aliphatic heterocycles. The van der Waals surface area contributed by atoms with Gasteiger partial charge in [0.15, 0.2) is 0 Å². The second kappa shape index (κ2) is 8.54. The Labute approximate surface area is 155 Å². The van der Waals surface area contributed by atoms with Crippen molar-refractivity contribution in [2.24, 2.45) is 0 Å². The molecule has 0 spiro atoms. The average Bonchev–Trinajstić information content (AvgIpc) is 2.72. The first-order valence-electron chi connectivity index (χ1n) is 8.81. The summed E-state index contributed by atoms with van der Waals surface area (Å²) in [6, 6.07) is 25.1. The number of methoxy groups -OCH3 is 2. The fourth-order valence-corrected chi connectivity index (χ4v) is 3.07. The van der Waals surface area contributed by atoms with Gasteiger partial charge in [-0.25, -0.2) is 0 Å². The van der Waals surface area contributed by atoms with E-state index in [2.05, 4.69) is 54.7 Å². The summed E-state index contributed by atoms with van der Waals surface area (Å²) in [5, 5.41) is 3.59. The van der Waals surface area contributed by atoms with Gasteiger partial charge in [-0.2, -0.15) is 0 Å². The number of ether oxygens (including phenoxy) is 2. The van der Waals surface area contributed by atoms with Gasteiger partial charge in [-0.15, -0.1) is 0 Å². The lowest BCUT2D eigenvalue weighted by Crippen LogP contribution is -2.18. The van der Waals surface area contributed by atoms with Gasteiger partial charge >= 0.3 is 0 Å². The van der Waals surface area contributed by atoms with Gasteiger partial charge in [0.25, 0.3) is 0 Å². The summed E-state index contributed by atoms with van der Waals surface area (Å²) in [4.78, 5) is 0. The van der Waals surface area contributed by atoms with Crippen molar-refractivity contribution in [1.82, 2.24) is 5.32 Å². The molecule has 3 heteroatoms. The Morgan fingerprint density at radius 1 is 0.769 bits per heavy atom. The SMILES string of the molecule is COc1ccccc1-c1cc(CN[C@H](C)c2ccccc2)ccc1OC. The minimum atomic E-state index is 0.285. The molecule has 0 unspecified atom stereocenters. The number of hydrogen-bond acceptors (Lipinski definition) is 3. The number of hydrogen-bond donors (Lipinski definition) is 1. The number of para-hydroxylation sites is 1. The summed E-state index contributed by atoms with van der Waals surface area (Å²) in [6.07, 6.45) is 0. The van der Waals surface area contributed by atoms with Crippen molar-refractivity contribution in [3.8, 4) is 22.6 Å². The average molecular weight is 347 g/mol. The fourth-order valence-electron chi connectivity index (χ4n) is 3.07. The lowest BCUT2D eigenvalue weighted by molar-refractivity contribution is 0.410. The minimum Gasteiger partial charge on any atom is -0.496 e. The topological polar surface area (TPSA) is 30.5 Å². The normalized spacial score (nSPS) is 11.8. The summed E-state index contributed by atoms with van der Waals surface area (Å²) in [6.45, 7) is 2.96. The van der Waals surface area contributed by atoms with Crippen molar-refractivity contribution in [1.29, 1.82) is 0 Å². The van der Waals surface area contributed by atoms with E-state index in [0.29, 0.717) is 0 Å². The third kappa shape index (κ3) is 4.06. The third-order valence-corrected chi connectivity index (χ3v) is 4.57. The summed E-state index contributed by atoms with van der Waals surface area (Å²) >= 11 is 0. The Balaban J connectivity index is 1.84. The van der Waals surface area contributed by atoms with Gasteiger partial charge in [-0.05, 0) is 36.2 Å². The van der Waals surface area contributed by atoms with Crippen LogP contribution >= 0.6 is 0 Å². The molecule has 134 valence electrons. The second-order valence-electron chi connectivity index (χ2n) is 6.25. The van der Waals surface area contributed by atoms with Gasteiger partial charge in [0.05, 0.1) is 14.2 Å². The molecule has 26 heavy (non-hydrogen) atoms. The lowest BCUT2D eigenvalue weighted by atomic mass is 10.0. The van der Waals surface area contributed by atoms with Crippen LogP contribution in [0.1, 0.15) is 24.1 Å². The Morgan fingerprint density at radius 2 is 1.42 bits per heavy atom. The van der Waals surface area contributed by atoms with Crippen molar-refractivity contribution in [3.05, 3.63) is 83.9 Å². The van der Waals surface area contributed by atoms with Crippen LogP contribution < -0.4 is 14.8 Å². The molecular formula is C23H25NO2. The first kappa shape index (κ1) is 18.0. The molecule has 3 aromatic carbocycles. The van der Waals surface area contributed by atoms with Gasteiger partial charge in [0.2, 0.25) is 0 Å². The molecule has 3 rings (SSSR count). The summed E-state index contributed by atoms with van der Waals surface area (Å²) in [5.41, 5.74) is 4.56. The molecule has 0 saturated heterocycles. The van der Waals surface area contributed by atoms with E-state index in [-0.39, 0.29) is 6.04 Å². The van der Waals surface area contributed by atoms with Gasteiger partial charge in [0.1, 0.15) is 11.5 Å². The van der Waals surface area contributed by atoms with Gasteiger partial charge < -0.3 is 14.8 Å². The number of nitrogens with one attached hydrogen (secondary N) is 1. The Bertz CT molecular complexity index is 846. The van der Waals surface area contributed by atoms with E-state index in [0.717, 1.165) is 29.2 Å². The van der Waals surface area contributed by atoms with Crippen LogP contribution in [0.2, 0.25) is 0 Å². The molecular weight excluding hydrogens is 322 g/mol. The number of benzene rings is 3. The number of rotatable bonds is 7. The predicted molar refractivity (Wildman–Crippen MR) is 107 cm³/mol. The molecule has 0 radical (unpaired) electrons. The molecule has 0 aromatic heterocycles. The van der Waals surface area contributed by atoms with Crippen molar-refractivity contribution >= 4 is 0 Å². The van der Waals surface area contributed by atoms with E-state index in [4.69, 9.17) is 9.47 Å². The quantitative estimate of drug-likeness (QED) is 0.635. The van der Waals surface area contributed by atoms with E-state index < -0.39 is 0 Å². The molecule has 0 saturated carbocycles. The van der Waals surface area contributed by atoms with Crippen LogP contribution in [-0.2, 0) is 6.54 Å². The molecule has 0 bridgehead atoms. The van der Waals surface area contributed by atoms with Crippen LogP contribution in [0.15, 0.2) is 72.8 Å². The first-order valence-corrected chi connectivity index (χ1v) is 8.81. The van der Waals surface area contributed by atoms with E-state index in [1.54, 1.807) is 14.2 Å². The molecule has 0 aliphatic rings. The highest BCUT2D eigenvalue weighted by Crippen LogP contribution is 2.36. The maximum atomic E-state index is 5.57. The third-order valence-electron chi connectivity index (χ3n) is 4.57. The van der Waals surface area contributed by atoms with E-state index >= 15 is 0 Å². The zero-order valence-corrected chi connectivity index (χ0v) is 15.5. The van der Waals surface area contributed by atoms with E-state index in [1.807, 2.05) is 30.3 Å².